The number of amides is 1. The summed E-state index contributed by atoms with van der Waals surface area (Å²) in [5, 5.41) is 3.22. The fourth-order valence-corrected chi connectivity index (χ4v) is 2.41. The van der Waals surface area contributed by atoms with Gasteiger partial charge in [-0.25, -0.2) is 4.39 Å². The number of likely N-dealkylation sites (tertiary alicyclic amines) is 1. The molecule has 2 saturated heterocycles. The van der Waals surface area contributed by atoms with Crippen molar-refractivity contribution in [1.29, 1.82) is 0 Å². The molecule has 0 saturated carbocycles. The number of carbonyl (C=O) groups is 1. The van der Waals surface area contributed by atoms with Crippen LogP contribution >= 0.6 is 0 Å². The number of nitrogens with one attached hydrogen (secondary N) is 1. The van der Waals surface area contributed by atoms with Gasteiger partial charge in [-0.05, 0) is 32.2 Å². The molecule has 0 radical (unpaired) electrons. The molecule has 2 aliphatic heterocycles. The number of nitrogens with zero attached hydrogens (tertiary/aromatic N) is 1. The number of hydrogen-bond donors (Lipinski definition) is 1. The Morgan fingerprint density at radius 3 is 2.80 bits per heavy atom. The van der Waals surface area contributed by atoms with Gasteiger partial charge in [0.05, 0.1) is 12.6 Å². The van der Waals surface area contributed by atoms with E-state index in [1.54, 1.807) is 4.90 Å². The Balaban J connectivity index is 1.88. The van der Waals surface area contributed by atoms with Crippen LogP contribution in [-0.4, -0.2) is 42.7 Å². The lowest BCUT2D eigenvalue weighted by Crippen LogP contribution is -2.51. The van der Waals surface area contributed by atoms with E-state index < -0.39 is 6.17 Å². The lowest BCUT2D eigenvalue weighted by atomic mass is 10.0. The summed E-state index contributed by atoms with van der Waals surface area (Å²) in [7, 11) is 0. The van der Waals surface area contributed by atoms with E-state index in [0.29, 0.717) is 13.0 Å². The molecule has 0 aromatic rings. The van der Waals surface area contributed by atoms with Crippen LogP contribution in [0.15, 0.2) is 0 Å². The van der Waals surface area contributed by atoms with E-state index >= 15 is 0 Å². The van der Waals surface area contributed by atoms with E-state index in [9.17, 15) is 9.18 Å². The van der Waals surface area contributed by atoms with E-state index in [2.05, 4.69) is 5.32 Å². The summed E-state index contributed by atoms with van der Waals surface area (Å²) in [6.45, 7) is 1.96. The first-order chi connectivity index (χ1) is 7.27. The highest BCUT2D eigenvalue weighted by molar-refractivity contribution is 5.82. The van der Waals surface area contributed by atoms with Gasteiger partial charge in [0.1, 0.15) is 6.17 Å². The minimum atomic E-state index is -0.814. The van der Waals surface area contributed by atoms with Crippen molar-refractivity contribution in [3.8, 4) is 0 Å². The molecule has 2 fully saturated rings. The summed E-state index contributed by atoms with van der Waals surface area (Å²) in [5.74, 6) is 0.108. The van der Waals surface area contributed by atoms with Gasteiger partial charge in [0, 0.05) is 6.54 Å². The van der Waals surface area contributed by atoms with Crippen LogP contribution < -0.4 is 5.32 Å². The van der Waals surface area contributed by atoms with Crippen LogP contribution in [0.2, 0.25) is 0 Å². The molecule has 0 aliphatic carbocycles. The van der Waals surface area contributed by atoms with Crippen molar-refractivity contribution in [2.45, 2.75) is 44.3 Å². The predicted octanol–water partition coefficient (Wildman–Crippen LogP) is 1.09. The second-order valence-corrected chi connectivity index (χ2v) is 4.53. The zero-order valence-electron chi connectivity index (χ0n) is 9.04. The fraction of sp³-hybridized carbons (Fsp3) is 0.909. The van der Waals surface area contributed by atoms with Crippen LogP contribution in [0, 0.1) is 0 Å². The summed E-state index contributed by atoms with van der Waals surface area (Å²) in [6.07, 6.45) is 3.77. The molecule has 86 valence electrons. The third-order valence-electron chi connectivity index (χ3n) is 3.28. The standard InChI is InChI=1S/C11H19FN2O/c12-9-4-3-7-14(8-9)11(15)10-5-1-2-6-13-10/h9-10,13H,1-8H2. The van der Waals surface area contributed by atoms with Crippen molar-refractivity contribution >= 4 is 5.91 Å². The highest BCUT2D eigenvalue weighted by atomic mass is 19.1. The molecular weight excluding hydrogens is 195 g/mol. The maximum Gasteiger partial charge on any atom is 0.239 e. The van der Waals surface area contributed by atoms with Crippen LogP contribution in [0.5, 0.6) is 0 Å². The number of rotatable bonds is 1. The molecule has 2 unspecified atom stereocenters. The van der Waals surface area contributed by atoms with Crippen LogP contribution in [0.25, 0.3) is 0 Å². The molecule has 0 spiro atoms. The van der Waals surface area contributed by atoms with E-state index in [1.807, 2.05) is 0 Å². The van der Waals surface area contributed by atoms with Gasteiger partial charge in [0.25, 0.3) is 0 Å². The van der Waals surface area contributed by atoms with E-state index in [0.717, 1.165) is 38.8 Å². The molecule has 0 aromatic carbocycles. The monoisotopic (exact) mass is 214 g/mol. The van der Waals surface area contributed by atoms with E-state index in [1.165, 1.54) is 0 Å². The number of piperidine rings is 2. The van der Waals surface area contributed by atoms with Gasteiger partial charge in [0.15, 0.2) is 0 Å². The summed E-state index contributed by atoms with van der Waals surface area (Å²) in [5.41, 5.74) is 0. The average molecular weight is 214 g/mol. The highest BCUT2D eigenvalue weighted by Crippen LogP contribution is 2.16. The first kappa shape index (κ1) is 10.9. The van der Waals surface area contributed by atoms with Gasteiger partial charge in [-0.2, -0.15) is 0 Å². The molecular formula is C11H19FN2O. The molecule has 2 atom stereocenters. The Morgan fingerprint density at radius 1 is 1.27 bits per heavy atom. The molecule has 2 heterocycles. The number of halogens is 1. The third kappa shape index (κ3) is 2.68. The van der Waals surface area contributed by atoms with Crippen LogP contribution in [0.3, 0.4) is 0 Å². The van der Waals surface area contributed by atoms with Crippen LogP contribution in [-0.2, 0) is 4.79 Å². The Labute approximate surface area is 90.0 Å². The topological polar surface area (TPSA) is 32.3 Å². The van der Waals surface area contributed by atoms with E-state index in [-0.39, 0.29) is 11.9 Å². The average Bonchev–Trinajstić information content (AvgIpc) is 2.29. The molecule has 2 aliphatic rings. The maximum absolute atomic E-state index is 13.1. The highest BCUT2D eigenvalue weighted by Gasteiger charge is 2.29. The number of alkyl halides is 1. The first-order valence-corrected chi connectivity index (χ1v) is 5.93. The Hall–Kier alpha value is -0.640. The van der Waals surface area contributed by atoms with Crippen molar-refractivity contribution in [3.05, 3.63) is 0 Å². The minimum absolute atomic E-state index is 0.0518. The van der Waals surface area contributed by atoms with Crippen molar-refractivity contribution in [2.24, 2.45) is 0 Å². The van der Waals surface area contributed by atoms with Crippen molar-refractivity contribution < 1.29 is 9.18 Å². The van der Waals surface area contributed by atoms with E-state index in [4.69, 9.17) is 0 Å². The Kier molecular flexibility index (Phi) is 3.57. The third-order valence-corrected chi connectivity index (χ3v) is 3.28. The molecule has 4 heteroatoms. The second kappa shape index (κ2) is 4.92. The molecule has 1 N–H and O–H groups in total. The van der Waals surface area contributed by atoms with Gasteiger partial charge in [-0.1, -0.05) is 6.42 Å². The number of carbonyl (C=O) groups excluding carboxylic acids is 1. The van der Waals surface area contributed by atoms with Crippen LogP contribution in [0.4, 0.5) is 4.39 Å². The molecule has 2 rings (SSSR count). The predicted molar refractivity (Wildman–Crippen MR) is 56.4 cm³/mol. The molecule has 1 amide bonds. The zero-order valence-corrected chi connectivity index (χ0v) is 9.04. The van der Waals surface area contributed by atoms with Gasteiger partial charge in [-0.3, -0.25) is 4.79 Å². The SMILES string of the molecule is O=C(C1CCCCN1)N1CCCC(F)C1. The summed E-state index contributed by atoms with van der Waals surface area (Å²) in [4.78, 5) is 13.7. The summed E-state index contributed by atoms with van der Waals surface area (Å²) in [6, 6.07) is -0.0518. The van der Waals surface area contributed by atoms with Gasteiger partial charge in [-0.15, -0.1) is 0 Å². The van der Waals surface area contributed by atoms with Crippen molar-refractivity contribution in [1.82, 2.24) is 10.2 Å². The van der Waals surface area contributed by atoms with Gasteiger partial charge in [0.2, 0.25) is 5.91 Å². The van der Waals surface area contributed by atoms with Crippen LogP contribution in [0.1, 0.15) is 32.1 Å². The first-order valence-electron chi connectivity index (χ1n) is 5.93. The lowest BCUT2D eigenvalue weighted by molar-refractivity contribution is -0.136. The zero-order chi connectivity index (χ0) is 10.7. The number of hydrogen-bond acceptors (Lipinski definition) is 2. The normalized spacial score (nSPS) is 32.7. The Morgan fingerprint density at radius 2 is 2.13 bits per heavy atom. The lowest BCUT2D eigenvalue weighted by Gasteiger charge is -2.33. The fourth-order valence-electron chi connectivity index (χ4n) is 2.41. The van der Waals surface area contributed by atoms with Gasteiger partial charge >= 0.3 is 0 Å². The Bertz CT molecular complexity index is 229. The largest absolute Gasteiger partial charge is 0.338 e. The quantitative estimate of drug-likeness (QED) is 0.708. The second-order valence-electron chi connectivity index (χ2n) is 4.53. The van der Waals surface area contributed by atoms with Gasteiger partial charge < -0.3 is 10.2 Å². The molecule has 0 aromatic heterocycles. The minimum Gasteiger partial charge on any atom is -0.338 e. The smallest absolute Gasteiger partial charge is 0.239 e. The van der Waals surface area contributed by atoms with Crippen molar-refractivity contribution in [2.75, 3.05) is 19.6 Å². The molecule has 3 nitrogen and oxygen atoms in total. The molecule has 0 bridgehead atoms. The summed E-state index contributed by atoms with van der Waals surface area (Å²) >= 11 is 0. The van der Waals surface area contributed by atoms with Crippen molar-refractivity contribution in [3.63, 3.8) is 0 Å². The molecule has 15 heavy (non-hydrogen) atoms. The maximum atomic E-state index is 13.1. The summed E-state index contributed by atoms with van der Waals surface area (Å²) < 4.78 is 13.1.